The van der Waals surface area contributed by atoms with Crippen LogP contribution in [-0.4, -0.2) is 10.1 Å². The van der Waals surface area contributed by atoms with Crippen LogP contribution in [0.25, 0.3) is 0 Å². The Morgan fingerprint density at radius 1 is 1.33 bits per heavy atom. The van der Waals surface area contributed by atoms with Gasteiger partial charge in [-0.25, -0.2) is 4.39 Å². The molecular weight excluding hydrogens is 321 g/mol. The fraction of sp³-hybridized carbons (Fsp3) is 0.154. The maximum atomic E-state index is 12.9. The molecular formula is C13H10BrClFNO. The first-order valence-corrected chi connectivity index (χ1v) is 6.46. The Kier molecular flexibility index (Phi) is 4.32. The molecule has 2 aromatic rings. The average molecular weight is 331 g/mol. The van der Waals surface area contributed by atoms with Gasteiger partial charge in [0.1, 0.15) is 5.82 Å². The highest BCUT2D eigenvalue weighted by molar-refractivity contribution is 9.10. The summed E-state index contributed by atoms with van der Waals surface area (Å²) in [5, 5.41) is 10.3. The monoisotopic (exact) mass is 329 g/mol. The molecule has 5 heteroatoms. The molecule has 1 aromatic carbocycles. The lowest BCUT2D eigenvalue weighted by Crippen LogP contribution is -2.03. The summed E-state index contributed by atoms with van der Waals surface area (Å²) in [6.07, 6.45) is 2.93. The number of benzene rings is 1. The molecule has 0 bridgehead atoms. The average Bonchev–Trinajstić information content (AvgIpc) is 2.28. The van der Waals surface area contributed by atoms with Crippen LogP contribution in [0.2, 0.25) is 5.02 Å². The van der Waals surface area contributed by atoms with Gasteiger partial charge in [-0.15, -0.1) is 0 Å². The maximum Gasteiger partial charge on any atom is 0.124 e. The van der Waals surface area contributed by atoms with Gasteiger partial charge >= 0.3 is 0 Å². The summed E-state index contributed by atoms with van der Waals surface area (Å²) in [7, 11) is 0. The van der Waals surface area contributed by atoms with Gasteiger partial charge in [-0.05, 0) is 45.3 Å². The van der Waals surface area contributed by atoms with E-state index in [-0.39, 0.29) is 5.02 Å². The molecule has 94 valence electrons. The van der Waals surface area contributed by atoms with E-state index >= 15 is 0 Å². The molecule has 0 saturated carbocycles. The summed E-state index contributed by atoms with van der Waals surface area (Å²) in [5.74, 6) is -0.417. The largest absolute Gasteiger partial charge is 0.388 e. The minimum Gasteiger partial charge on any atom is -0.388 e. The van der Waals surface area contributed by atoms with Gasteiger partial charge in [0, 0.05) is 28.3 Å². The lowest BCUT2D eigenvalue weighted by atomic mass is 10.0. The van der Waals surface area contributed by atoms with Gasteiger partial charge in [-0.3, -0.25) is 4.98 Å². The summed E-state index contributed by atoms with van der Waals surface area (Å²) < 4.78 is 13.8. The van der Waals surface area contributed by atoms with Crippen LogP contribution in [0.3, 0.4) is 0 Å². The zero-order chi connectivity index (χ0) is 13.1. The molecule has 1 atom stereocenters. The summed E-state index contributed by atoms with van der Waals surface area (Å²) >= 11 is 9.21. The van der Waals surface area contributed by atoms with Crippen molar-refractivity contribution < 1.29 is 9.50 Å². The van der Waals surface area contributed by atoms with E-state index in [1.165, 1.54) is 18.2 Å². The third-order valence-corrected chi connectivity index (χ3v) is 3.27. The van der Waals surface area contributed by atoms with Crippen LogP contribution in [0.4, 0.5) is 4.39 Å². The third-order valence-electron chi connectivity index (χ3n) is 2.51. The highest BCUT2D eigenvalue weighted by Crippen LogP contribution is 2.26. The molecule has 1 heterocycles. The Morgan fingerprint density at radius 2 is 2.11 bits per heavy atom. The standard InChI is InChI=1S/C13H10BrClFNO/c14-9-3-8(6-17-7-9)4-13(18)11-2-1-10(16)5-12(11)15/h1-3,5-7,13,18H,4H2. The molecule has 0 aliphatic heterocycles. The van der Waals surface area contributed by atoms with E-state index in [0.717, 1.165) is 10.0 Å². The predicted octanol–water partition coefficient (Wildman–Crippen LogP) is 3.91. The van der Waals surface area contributed by atoms with Crippen LogP contribution in [-0.2, 0) is 6.42 Å². The third kappa shape index (κ3) is 3.28. The molecule has 0 amide bonds. The second kappa shape index (κ2) is 5.78. The Balaban J connectivity index is 2.19. The van der Waals surface area contributed by atoms with Crippen LogP contribution in [0.1, 0.15) is 17.2 Å². The molecule has 1 N–H and O–H groups in total. The molecule has 0 saturated heterocycles. The van der Waals surface area contributed by atoms with E-state index < -0.39 is 11.9 Å². The fourth-order valence-corrected chi connectivity index (χ4v) is 2.38. The van der Waals surface area contributed by atoms with Crippen LogP contribution in [0, 0.1) is 5.82 Å². The lowest BCUT2D eigenvalue weighted by Gasteiger charge is -2.12. The second-order valence-corrected chi connectivity index (χ2v) is 5.22. The number of aliphatic hydroxyl groups is 1. The Bertz CT molecular complexity index is 564. The van der Waals surface area contributed by atoms with Crippen LogP contribution in [0.15, 0.2) is 41.1 Å². The molecule has 2 nitrogen and oxygen atoms in total. The van der Waals surface area contributed by atoms with E-state index in [1.807, 2.05) is 6.07 Å². The molecule has 1 unspecified atom stereocenters. The molecule has 0 radical (unpaired) electrons. The Hall–Kier alpha value is -0.970. The second-order valence-electron chi connectivity index (χ2n) is 3.90. The van der Waals surface area contributed by atoms with Crippen molar-refractivity contribution in [1.29, 1.82) is 0 Å². The van der Waals surface area contributed by atoms with E-state index in [1.54, 1.807) is 12.4 Å². The predicted molar refractivity (Wildman–Crippen MR) is 72.0 cm³/mol. The number of hydrogen-bond acceptors (Lipinski definition) is 2. The number of pyridine rings is 1. The topological polar surface area (TPSA) is 33.1 Å². The van der Waals surface area contributed by atoms with Crippen molar-refractivity contribution in [3.05, 3.63) is 63.1 Å². The lowest BCUT2D eigenvalue weighted by molar-refractivity contribution is 0.178. The highest BCUT2D eigenvalue weighted by Gasteiger charge is 2.13. The Morgan fingerprint density at radius 3 is 2.78 bits per heavy atom. The zero-order valence-corrected chi connectivity index (χ0v) is 11.6. The molecule has 18 heavy (non-hydrogen) atoms. The van der Waals surface area contributed by atoms with E-state index in [4.69, 9.17) is 11.6 Å². The summed E-state index contributed by atoms with van der Waals surface area (Å²) in [4.78, 5) is 4.02. The van der Waals surface area contributed by atoms with Gasteiger partial charge in [0.15, 0.2) is 0 Å². The van der Waals surface area contributed by atoms with E-state index in [0.29, 0.717) is 12.0 Å². The van der Waals surface area contributed by atoms with Crippen LogP contribution in [0.5, 0.6) is 0 Å². The number of aromatic nitrogens is 1. The fourth-order valence-electron chi connectivity index (χ4n) is 1.67. The van der Waals surface area contributed by atoms with Crippen molar-refractivity contribution in [3.63, 3.8) is 0 Å². The Labute approximate surface area is 118 Å². The van der Waals surface area contributed by atoms with Crippen molar-refractivity contribution in [3.8, 4) is 0 Å². The van der Waals surface area contributed by atoms with Gasteiger partial charge < -0.3 is 5.11 Å². The van der Waals surface area contributed by atoms with Crippen LogP contribution < -0.4 is 0 Å². The summed E-state index contributed by atoms with van der Waals surface area (Å²) in [5.41, 5.74) is 1.38. The van der Waals surface area contributed by atoms with Crippen molar-refractivity contribution in [2.45, 2.75) is 12.5 Å². The first-order chi connectivity index (χ1) is 8.56. The molecule has 0 spiro atoms. The molecule has 0 fully saturated rings. The van der Waals surface area contributed by atoms with Gasteiger partial charge in [0.25, 0.3) is 0 Å². The molecule has 2 rings (SSSR count). The van der Waals surface area contributed by atoms with Gasteiger partial charge in [0.05, 0.1) is 6.10 Å². The molecule has 1 aromatic heterocycles. The summed E-state index contributed by atoms with van der Waals surface area (Å²) in [6, 6.07) is 5.84. The summed E-state index contributed by atoms with van der Waals surface area (Å²) in [6.45, 7) is 0. The van der Waals surface area contributed by atoms with Gasteiger partial charge in [-0.1, -0.05) is 17.7 Å². The molecule has 0 aliphatic rings. The zero-order valence-electron chi connectivity index (χ0n) is 9.28. The SMILES string of the molecule is OC(Cc1cncc(Br)c1)c1ccc(F)cc1Cl. The highest BCUT2D eigenvalue weighted by atomic mass is 79.9. The number of halogens is 3. The first-order valence-electron chi connectivity index (χ1n) is 5.28. The number of hydrogen-bond donors (Lipinski definition) is 1. The van der Waals surface area contributed by atoms with Crippen molar-refractivity contribution in [1.82, 2.24) is 4.98 Å². The van der Waals surface area contributed by atoms with E-state index in [9.17, 15) is 9.50 Å². The van der Waals surface area contributed by atoms with Gasteiger partial charge in [0.2, 0.25) is 0 Å². The van der Waals surface area contributed by atoms with Crippen molar-refractivity contribution in [2.75, 3.05) is 0 Å². The quantitative estimate of drug-likeness (QED) is 0.925. The van der Waals surface area contributed by atoms with Crippen molar-refractivity contribution >= 4 is 27.5 Å². The van der Waals surface area contributed by atoms with Crippen molar-refractivity contribution in [2.24, 2.45) is 0 Å². The maximum absolute atomic E-state index is 12.9. The molecule has 0 aliphatic carbocycles. The normalized spacial score (nSPS) is 12.4. The smallest absolute Gasteiger partial charge is 0.124 e. The first kappa shape index (κ1) is 13.5. The van der Waals surface area contributed by atoms with Gasteiger partial charge in [-0.2, -0.15) is 0 Å². The van der Waals surface area contributed by atoms with Crippen LogP contribution >= 0.6 is 27.5 Å². The number of rotatable bonds is 3. The number of aliphatic hydroxyl groups excluding tert-OH is 1. The minimum absolute atomic E-state index is 0.227. The number of nitrogens with zero attached hydrogens (tertiary/aromatic N) is 1. The minimum atomic E-state index is -0.783. The van der Waals surface area contributed by atoms with E-state index in [2.05, 4.69) is 20.9 Å².